The van der Waals surface area contributed by atoms with Crippen LogP contribution in [0.15, 0.2) is 12.1 Å². The zero-order valence-electron chi connectivity index (χ0n) is 12.3. The van der Waals surface area contributed by atoms with E-state index < -0.39 is 12.1 Å². The van der Waals surface area contributed by atoms with E-state index in [1.54, 1.807) is 13.2 Å². The Hall–Kier alpha value is -1.46. The van der Waals surface area contributed by atoms with Gasteiger partial charge in [0, 0.05) is 0 Å². The highest BCUT2D eigenvalue weighted by atomic mass is 16.7. The number of aliphatic hydroxyl groups excluding tert-OH is 1. The SMILES string of the molecule is COc1cc([C@H](N)[C@H](O)CCC(C)C)cc2c1OCO2. The number of rotatable bonds is 6. The van der Waals surface area contributed by atoms with Gasteiger partial charge in [-0.15, -0.1) is 0 Å². The normalized spacial score (nSPS) is 16.3. The Labute approximate surface area is 119 Å². The van der Waals surface area contributed by atoms with Crippen molar-refractivity contribution >= 4 is 0 Å². The highest BCUT2D eigenvalue weighted by molar-refractivity contribution is 5.55. The molecule has 0 saturated carbocycles. The molecule has 3 N–H and O–H groups in total. The molecule has 0 radical (unpaired) electrons. The maximum absolute atomic E-state index is 10.2. The molecule has 112 valence electrons. The van der Waals surface area contributed by atoms with Crippen molar-refractivity contribution in [1.29, 1.82) is 0 Å². The first-order chi connectivity index (χ1) is 9.52. The minimum absolute atomic E-state index is 0.181. The number of nitrogens with two attached hydrogens (primary N) is 1. The summed E-state index contributed by atoms with van der Waals surface area (Å²) in [6.45, 7) is 4.43. The standard InChI is InChI=1S/C15H23NO4/c1-9(2)4-5-11(17)14(16)10-6-12(18-3)15-13(7-10)19-8-20-15/h6-7,9,11,14,17H,4-5,8,16H2,1-3H3/t11-,14+/m1/s1. The lowest BCUT2D eigenvalue weighted by molar-refractivity contribution is 0.128. The van der Waals surface area contributed by atoms with Gasteiger partial charge >= 0.3 is 0 Å². The summed E-state index contributed by atoms with van der Waals surface area (Å²) < 4.78 is 16.0. The van der Waals surface area contributed by atoms with Crippen molar-refractivity contribution in [3.05, 3.63) is 17.7 Å². The van der Waals surface area contributed by atoms with Crippen LogP contribution in [0, 0.1) is 5.92 Å². The van der Waals surface area contributed by atoms with Crippen LogP contribution in [0.25, 0.3) is 0 Å². The number of ether oxygens (including phenoxy) is 3. The van der Waals surface area contributed by atoms with Crippen molar-refractivity contribution in [2.75, 3.05) is 13.9 Å². The van der Waals surface area contributed by atoms with Crippen molar-refractivity contribution in [2.24, 2.45) is 11.7 Å². The molecule has 20 heavy (non-hydrogen) atoms. The molecule has 1 heterocycles. The predicted octanol–water partition coefficient (Wildman–Crippen LogP) is 2.22. The van der Waals surface area contributed by atoms with Gasteiger partial charge < -0.3 is 25.1 Å². The molecule has 5 nitrogen and oxygen atoms in total. The Balaban J connectivity index is 2.15. The monoisotopic (exact) mass is 281 g/mol. The van der Waals surface area contributed by atoms with Gasteiger partial charge in [0.15, 0.2) is 11.5 Å². The molecule has 1 aromatic rings. The summed E-state index contributed by atoms with van der Waals surface area (Å²) in [5.41, 5.74) is 6.93. The molecular weight excluding hydrogens is 258 g/mol. The predicted molar refractivity (Wildman–Crippen MR) is 76.1 cm³/mol. The molecule has 2 rings (SSSR count). The van der Waals surface area contributed by atoms with Crippen LogP contribution in [0.4, 0.5) is 0 Å². The van der Waals surface area contributed by atoms with Crippen LogP contribution in [0.5, 0.6) is 17.2 Å². The molecule has 1 aliphatic rings. The minimum Gasteiger partial charge on any atom is -0.493 e. The van der Waals surface area contributed by atoms with Crippen molar-refractivity contribution in [2.45, 2.75) is 38.8 Å². The van der Waals surface area contributed by atoms with Crippen molar-refractivity contribution in [3.8, 4) is 17.2 Å². The van der Waals surface area contributed by atoms with Crippen LogP contribution in [-0.2, 0) is 0 Å². The van der Waals surface area contributed by atoms with E-state index in [9.17, 15) is 5.11 Å². The molecule has 0 aliphatic carbocycles. The van der Waals surface area contributed by atoms with Gasteiger partial charge in [0.05, 0.1) is 19.3 Å². The lowest BCUT2D eigenvalue weighted by Crippen LogP contribution is -2.26. The van der Waals surface area contributed by atoms with Crippen LogP contribution < -0.4 is 19.9 Å². The van der Waals surface area contributed by atoms with Gasteiger partial charge in [-0.25, -0.2) is 0 Å². The Morgan fingerprint density at radius 3 is 2.70 bits per heavy atom. The fraction of sp³-hybridized carbons (Fsp3) is 0.600. The zero-order valence-corrected chi connectivity index (χ0v) is 12.3. The van der Waals surface area contributed by atoms with E-state index in [4.69, 9.17) is 19.9 Å². The van der Waals surface area contributed by atoms with Crippen LogP contribution in [0.1, 0.15) is 38.3 Å². The molecule has 0 unspecified atom stereocenters. The summed E-state index contributed by atoms with van der Waals surface area (Å²) >= 11 is 0. The van der Waals surface area contributed by atoms with Gasteiger partial charge in [-0.1, -0.05) is 13.8 Å². The highest BCUT2D eigenvalue weighted by Crippen LogP contribution is 2.43. The third-order valence-corrected chi connectivity index (χ3v) is 3.52. The second-order valence-electron chi connectivity index (χ2n) is 5.52. The van der Waals surface area contributed by atoms with Crippen LogP contribution in [0.2, 0.25) is 0 Å². The summed E-state index contributed by atoms with van der Waals surface area (Å²) in [4.78, 5) is 0. The lowest BCUT2D eigenvalue weighted by Gasteiger charge is -2.21. The van der Waals surface area contributed by atoms with Crippen LogP contribution in [-0.4, -0.2) is 25.1 Å². The molecule has 0 aromatic heterocycles. The Morgan fingerprint density at radius 2 is 2.05 bits per heavy atom. The third kappa shape index (κ3) is 3.16. The molecule has 5 heteroatoms. The number of benzene rings is 1. The first-order valence-corrected chi connectivity index (χ1v) is 6.94. The second-order valence-corrected chi connectivity index (χ2v) is 5.52. The first kappa shape index (κ1) is 14.9. The van der Waals surface area contributed by atoms with E-state index in [0.29, 0.717) is 29.6 Å². The van der Waals surface area contributed by atoms with Gasteiger partial charge in [-0.05, 0) is 36.5 Å². The maximum atomic E-state index is 10.2. The fourth-order valence-electron chi connectivity index (χ4n) is 2.25. The van der Waals surface area contributed by atoms with E-state index in [0.717, 1.165) is 12.0 Å². The number of hydrogen-bond acceptors (Lipinski definition) is 5. The second kappa shape index (κ2) is 6.33. The van der Waals surface area contributed by atoms with Crippen LogP contribution in [0.3, 0.4) is 0 Å². The molecule has 0 fully saturated rings. The van der Waals surface area contributed by atoms with Crippen molar-refractivity contribution in [3.63, 3.8) is 0 Å². The average molecular weight is 281 g/mol. The Kier molecular flexibility index (Phi) is 4.73. The molecule has 0 spiro atoms. The van der Waals surface area contributed by atoms with Gasteiger partial charge in [-0.3, -0.25) is 0 Å². The van der Waals surface area contributed by atoms with E-state index >= 15 is 0 Å². The first-order valence-electron chi connectivity index (χ1n) is 6.94. The van der Waals surface area contributed by atoms with Gasteiger partial charge in [0.2, 0.25) is 12.5 Å². The fourth-order valence-corrected chi connectivity index (χ4v) is 2.25. The van der Waals surface area contributed by atoms with Gasteiger partial charge in [-0.2, -0.15) is 0 Å². The minimum atomic E-state index is -0.581. The number of methoxy groups -OCH3 is 1. The summed E-state index contributed by atoms with van der Waals surface area (Å²) in [5, 5.41) is 10.2. The lowest BCUT2D eigenvalue weighted by atomic mass is 9.95. The molecular formula is C15H23NO4. The summed E-state index contributed by atoms with van der Waals surface area (Å²) in [5.74, 6) is 2.34. The van der Waals surface area contributed by atoms with Crippen LogP contribution >= 0.6 is 0 Å². The molecule has 0 saturated heterocycles. The largest absolute Gasteiger partial charge is 0.493 e. The summed E-state index contributed by atoms with van der Waals surface area (Å²) in [7, 11) is 1.57. The smallest absolute Gasteiger partial charge is 0.231 e. The molecule has 0 amide bonds. The Bertz CT molecular complexity index is 461. The highest BCUT2D eigenvalue weighted by Gasteiger charge is 2.24. The summed E-state index contributed by atoms with van der Waals surface area (Å²) in [6.07, 6.45) is 1.04. The van der Waals surface area contributed by atoms with E-state index in [2.05, 4.69) is 13.8 Å². The zero-order chi connectivity index (χ0) is 14.7. The summed E-state index contributed by atoms with van der Waals surface area (Å²) in [6, 6.07) is 3.15. The molecule has 1 aromatic carbocycles. The van der Waals surface area contributed by atoms with E-state index in [-0.39, 0.29) is 6.79 Å². The van der Waals surface area contributed by atoms with Gasteiger partial charge in [0.1, 0.15) is 0 Å². The quantitative estimate of drug-likeness (QED) is 0.836. The molecule has 1 aliphatic heterocycles. The maximum Gasteiger partial charge on any atom is 0.231 e. The number of fused-ring (bicyclic) bond motifs is 1. The molecule has 2 atom stereocenters. The Morgan fingerprint density at radius 1 is 1.30 bits per heavy atom. The van der Waals surface area contributed by atoms with Crippen molar-refractivity contribution < 1.29 is 19.3 Å². The number of hydrogen-bond donors (Lipinski definition) is 2. The molecule has 0 bridgehead atoms. The average Bonchev–Trinajstić information content (AvgIpc) is 2.90. The van der Waals surface area contributed by atoms with Gasteiger partial charge in [0.25, 0.3) is 0 Å². The third-order valence-electron chi connectivity index (χ3n) is 3.52. The van der Waals surface area contributed by atoms with E-state index in [1.807, 2.05) is 6.07 Å². The van der Waals surface area contributed by atoms with E-state index in [1.165, 1.54) is 0 Å². The van der Waals surface area contributed by atoms with Crippen molar-refractivity contribution in [1.82, 2.24) is 0 Å². The number of aliphatic hydroxyl groups is 1. The topological polar surface area (TPSA) is 73.9 Å².